The van der Waals surface area contributed by atoms with E-state index < -0.39 is 0 Å². The van der Waals surface area contributed by atoms with E-state index in [0.29, 0.717) is 11.4 Å². The van der Waals surface area contributed by atoms with Crippen LogP contribution in [0.3, 0.4) is 0 Å². The lowest BCUT2D eigenvalue weighted by atomic mass is 10.1. The second-order valence-electron chi connectivity index (χ2n) is 3.72. The molecule has 0 spiro atoms. The van der Waals surface area contributed by atoms with Crippen molar-refractivity contribution in [3.63, 3.8) is 0 Å². The topological polar surface area (TPSA) is 56.3 Å². The van der Waals surface area contributed by atoms with Gasteiger partial charge in [0.05, 0.1) is 0 Å². The van der Waals surface area contributed by atoms with E-state index in [1.807, 2.05) is 36.4 Å². The van der Waals surface area contributed by atoms with Crippen molar-refractivity contribution in [2.75, 3.05) is 0 Å². The Bertz CT molecular complexity index is 581. The van der Waals surface area contributed by atoms with Crippen LogP contribution in [0.25, 0.3) is 22.1 Å². The van der Waals surface area contributed by atoms with Crippen LogP contribution in [0.5, 0.6) is 0 Å². The molecule has 2 rings (SSSR count). The van der Waals surface area contributed by atoms with Gasteiger partial charge in [-0.2, -0.15) is 0 Å². The van der Waals surface area contributed by atoms with Crippen LogP contribution in [0.1, 0.15) is 11.1 Å². The van der Waals surface area contributed by atoms with Crippen molar-refractivity contribution in [1.29, 1.82) is 10.8 Å². The zero-order valence-corrected chi connectivity index (χ0v) is 9.56. The van der Waals surface area contributed by atoms with Crippen molar-refractivity contribution in [3.05, 3.63) is 69.6 Å². The molecule has 0 fully saturated rings. The van der Waals surface area contributed by atoms with E-state index in [2.05, 4.69) is 9.95 Å². The van der Waals surface area contributed by atoms with Crippen LogP contribution in [0, 0.1) is 10.8 Å². The molecule has 0 radical (unpaired) electrons. The molecule has 18 heavy (non-hydrogen) atoms. The molecule has 2 aromatic rings. The summed E-state index contributed by atoms with van der Waals surface area (Å²) in [6.07, 6.45) is 3.90. The smallest absolute Gasteiger partial charge is 0.0544 e. The molecule has 0 atom stereocenters. The summed E-state index contributed by atoms with van der Waals surface area (Å²) in [5.74, 6) is 0. The zero-order valence-electron chi connectivity index (χ0n) is 9.56. The largest absolute Gasteiger partial charge is 0.385 e. The van der Waals surface area contributed by atoms with Gasteiger partial charge in [-0.25, -0.2) is 0 Å². The standard InChI is InChI=1S/C14H10N4/c15-17-13-7-3-11(4-8-13)1-2-12-5-9-14(18-16)10-6-12/h1-10H/q+2. The maximum atomic E-state index is 8.56. The van der Waals surface area contributed by atoms with Gasteiger partial charge in [-0.3, -0.25) is 0 Å². The Kier molecular flexibility index (Phi) is 3.44. The minimum absolute atomic E-state index is 0.529. The normalized spacial score (nSPS) is 9.89. The second-order valence-corrected chi connectivity index (χ2v) is 3.72. The van der Waals surface area contributed by atoms with E-state index in [1.165, 1.54) is 0 Å². The summed E-state index contributed by atoms with van der Waals surface area (Å²) in [5, 5.41) is 17.1. The Morgan fingerprint density at radius 3 is 1.22 bits per heavy atom. The molecule has 0 aliphatic heterocycles. The van der Waals surface area contributed by atoms with E-state index in [4.69, 9.17) is 10.8 Å². The molecule has 0 heterocycles. The molecular formula is C14H10N4+2. The van der Waals surface area contributed by atoms with Crippen molar-refractivity contribution >= 4 is 23.5 Å². The highest BCUT2D eigenvalue weighted by atomic mass is 14.8. The first kappa shape index (κ1) is 11.5. The van der Waals surface area contributed by atoms with Crippen LogP contribution in [-0.2, 0) is 0 Å². The van der Waals surface area contributed by atoms with E-state index in [9.17, 15) is 0 Å². The lowest BCUT2D eigenvalue weighted by molar-refractivity contribution is 1.46. The molecule has 84 valence electrons. The molecule has 4 heteroatoms. The SMILES string of the molecule is N#[N+]c1ccc(C=Cc2ccc([N+]#N)cc2)cc1. The van der Waals surface area contributed by atoms with E-state index >= 15 is 0 Å². The Hall–Kier alpha value is -2.98. The molecule has 0 saturated carbocycles. The van der Waals surface area contributed by atoms with Crippen molar-refractivity contribution in [3.8, 4) is 0 Å². The average molecular weight is 234 g/mol. The summed E-state index contributed by atoms with van der Waals surface area (Å²) < 4.78 is 0. The number of hydrogen-bond acceptors (Lipinski definition) is 2. The number of rotatable bonds is 2. The predicted octanol–water partition coefficient (Wildman–Crippen LogP) is 4.83. The van der Waals surface area contributed by atoms with Crippen molar-refractivity contribution in [2.45, 2.75) is 0 Å². The summed E-state index contributed by atoms with van der Waals surface area (Å²) in [6.45, 7) is 0. The lowest BCUT2D eigenvalue weighted by Crippen LogP contribution is -1.72. The maximum Gasteiger partial charge on any atom is 0.385 e. The van der Waals surface area contributed by atoms with Gasteiger partial charge in [0.2, 0.25) is 10.8 Å². The monoisotopic (exact) mass is 234 g/mol. The van der Waals surface area contributed by atoms with Crippen LogP contribution in [0.15, 0.2) is 48.5 Å². The predicted molar refractivity (Wildman–Crippen MR) is 71.3 cm³/mol. The van der Waals surface area contributed by atoms with Crippen LogP contribution < -0.4 is 0 Å². The summed E-state index contributed by atoms with van der Waals surface area (Å²) in [5.41, 5.74) is 3.08. The molecule has 0 aliphatic rings. The highest BCUT2D eigenvalue weighted by Crippen LogP contribution is 2.16. The Labute approximate surface area is 104 Å². The van der Waals surface area contributed by atoms with Crippen LogP contribution >= 0.6 is 0 Å². The summed E-state index contributed by atoms with van der Waals surface area (Å²) in [6, 6.07) is 14.4. The summed E-state index contributed by atoms with van der Waals surface area (Å²) >= 11 is 0. The number of nitrogens with zero attached hydrogens (tertiary/aromatic N) is 4. The zero-order chi connectivity index (χ0) is 12.8. The molecule has 0 amide bonds. The minimum Gasteiger partial charge on any atom is -0.0544 e. The fraction of sp³-hybridized carbons (Fsp3) is 0. The van der Waals surface area contributed by atoms with Gasteiger partial charge >= 0.3 is 11.4 Å². The van der Waals surface area contributed by atoms with Gasteiger partial charge in [0, 0.05) is 24.3 Å². The first-order chi connectivity index (χ1) is 8.81. The Morgan fingerprint density at radius 1 is 0.611 bits per heavy atom. The van der Waals surface area contributed by atoms with Gasteiger partial charge in [0.25, 0.3) is 0 Å². The van der Waals surface area contributed by atoms with Crippen molar-refractivity contribution in [1.82, 2.24) is 0 Å². The second kappa shape index (κ2) is 5.38. The Balaban J connectivity index is 2.14. The molecule has 0 aliphatic carbocycles. The molecule has 0 N–H and O–H groups in total. The summed E-state index contributed by atoms with van der Waals surface area (Å²) in [7, 11) is 0. The van der Waals surface area contributed by atoms with Crippen LogP contribution in [-0.4, -0.2) is 0 Å². The minimum atomic E-state index is 0.529. The molecule has 0 unspecified atom stereocenters. The van der Waals surface area contributed by atoms with Crippen molar-refractivity contribution < 1.29 is 0 Å². The third kappa shape index (κ3) is 2.78. The number of hydrogen-bond donors (Lipinski definition) is 0. The lowest BCUT2D eigenvalue weighted by Gasteiger charge is -1.91. The molecular weight excluding hydrogens is 224 g/mol. The quantitative estimate of drug-likeness (QED) is 0.552. The molecule has 2 aromatic carbocycles. The fourth-order valence-corrected chi connectivity index (χ4v) is 1.50. The van der Waals surface area contributed by atoms with Crippen LogP contribution in [0.2, 0.25) is 0 Å². The summed E-state index contributed by atoms with van der Waals surface area (Å²) in [4.78, 5) is 6.18. The number of diazo groups is 2. The van der Waals surface area contributed by atoms with E-state index in [1.54, 1.807) is 24.3 Å². The first-order valence-electron chi connectivity index (χ1n) is 5.40. The average Bonchev–Trinajstić information content (AvgIpc) is 2.46. The van der Waals surface area contributed by atoms with Gasteiger partial charge in [-0.15, -0.1) is 0 Å². The molecule has 0 bridgehead atoms. The highest BCUT2D eigenvalue weighted by Gasteiger charge is 2.02. The van der Waals surface area contributed by atoms with Gasteiger partial charge in [0.1, 0.15) is 0 Å². The highest BCUT2D eigenvalue weighted by molar-refractivity contribution is 5.71. The van der Waals surface area contributed by atoms with Gasteiger partial charge < -0.3 is 0 Å². The van der Waals surface area contributed by atoms with E-state index in [0.717, 1.165) is 11.1 Å². The van der Waals surface area contributed by atoms with Gasteiger partial charge in [-0.05, 0) is 35.4 Å². The maximum absolute atomic E-state index is 8.56. The van der Waals surface area contributed by atoms with Gasteiger partial charge in [-0.1, -0.05) is 12.2 Å². The van der Waals surface area contributed by atoms with Crippen LogP contribution in [0.4, 0.5) is 11.4 Å². The molecule has 0 aromatic heterocycles. The fourth-order valence-electron chi connectivity index (χ4n) is 1.50. The Morgan fingerprint density at radius 2 is 0.944 bits per heavy atom. The third-order valence-corrected chi connectivity index (χ3v) is 2.49. The van der Waals surface area contributed by atoms with E-state index in [-0.39, 0.29) is 0 Å². The molecule has 0 saturated heterocycles. The molecule has 4 nitrogen and oxygen atoms in total. The first-order valence-corrected chi connectivity index (χ1v) is 5.40. The van der Waals surface area contributed by atoms with Crippen molar-refractivity contribution in [2.24, 2.45) is 0 Å². The van der Waals surface area contributed by atoms with Gasteiger partial charge in [0.15, 0.2) is 9.95 Å². The number of benzene rings is 2. The third-order valence-electron chi connectivity index (χ3n) is 2.49.